The molecule has 2 aliphatic rings. The fourth-order valence-electron chi connectivity index (χ4n) is 5.25. The predicted molar refractivity (Wildman–Crippen MR) is 138 cm³/mol. The van der Waals surface area contributed by atoms with Crippen molar-refractivity contribution in [1.29, 1.82) is 0 Å². The lowest BCUT2D eigenvalue weighted by Crippen LogP contribution is -2.21. The molecule has 5 nitrogen and oxygen atoms in total. The molecule has 1 aromatic heterocycles. The van der Waals surface area contributed by atoms with Crippen molar-refractivity contribution in [2.45, 2.75) is 57.1 Å². The lowest BCUT2D eigenvalue weighted by atomic mass is 9.82. The second-order valence-corrected chi connectivity index (χ2v) is 10.7. The maximum atomic E-state index is 13.4. The minimum Gasteiger partial charge on any atom is -0.369 e. The van der Waals surface area contributed by atoms with Gasteiger partial charge >= 0.3 is 0 Å². The number of aromatic nitrogens is 2. The van der Waals surface area contributed by atoms with E-state index in [0.717, 1.165) is 47.6 Å². The number of nitrogens with two attached hydrogens (primary N) is 1. The van der Waals surface area contributed by atoms with Gasteiger partial charge in [0.05, 0.1) is 17.6 Å². The Bertz CT molecular complexity index is 1160. The molecule has 0 amide bonds. The third-order valence-corrected chi connectivity index (χ3v) is 8.36. The molecular formula is C27H32N4OS. The summed E-state index contributed by atoms with van der Waals surface area (Å²) in [5.41, 5.74) is 10.1. The maximum absolute atomic E-state index is 13.4. The molecule has 5 rings (SSSR count). The number of benzene rings is 2. The number of nitrogens with zero attached hydrogens (tertiary/aromatic N) is 3. The smallest absolute Gasteiger partial charge is 0.207 e. The molecule has 3 aromatic rings. The number of hydrogen-bond donors (Lipinski definition) is 1. The van der Waals surface area contributed by atoms with Gasteiger partial charge in [-0.25, -0.2) is 4.98 Å². The number of carbonyl (C=O) groups is 1. The zero-order valence-electron chi connectivity index (χ0n) is 19.2. The van der Waals surface area contributed by atoms with Gasteiger partial charge in [0.1, 0.15) is 0 Å². The number of hydrogen-bond acceptors (Lipinski definition) is 5. The Morgan fingerprint density at radius 3 is 2.64 bits per heavy atom. The summed E-state index contributed by atoms with van der Waals surface area (Å²) in [7, 11) is 0. The summed E-state index contributed by atoms with van der Waals surface area (Å²) in [6.45, 7) is 2.87. The molecule has 1 saturated carbocycles. The Kier molecular flexibility index (Phi) is 6.54. The highest BCUT2D eigenvalue weighted by Gasteiger charge is 2.28. The van der Waals surface area contributed by atoms with E-state index in [4.69, 9.17) is 10.7 Å². The van der Waals surface area contributed by atoms with Crippen LogP contribution in [-0.2, 0) is 6.42 Å². The van der Waals surface area contributed by atoms with Crippen LogP contribution in [0.2, 0.25) is 0 Å². The molecule has 2 atom stereocenters. The molecule has 2 aromatic carbocycles. The first-order valence-electron chi connectivity index (χ1n) is 12.2. The van der Waals surface area contributed by atoms with Crippen LogP contribution in [-0.4, -0.2) is 32.3 Å². The van der Waals surface area contributed by atoms with E-state index in [1.54, 1.807) is 11.8 Å². The number of Topliss-reactive ketones (excluding diaryl/α,β-unsaturated/α-hetero) is 1. The molecule has 0 radical (unpaired) electrons. The highest BCUT2D eigenvalue weighted by Crippen LogP contribution is 2.33. The van der Waals surface area contributed by atoms with E-state index in [1.807, 2.05) is 28.8 Å². The molecule has 2 N–H and O–H groups in total. The number of rotatable bonds is 5. The predicted octanol–water partition coefficient (Wildman–Crippen LogP) is 5.97. The standard InChI is InChI=1S/C27H32N4OS/c1-18(20-11-7-2-3-8-12-20)25(32)21-13-14-23-24(16-21)31(26(28)30-23)27-29-17-22(33-27)15-19-9-5-4-6-10-19/h4-6,9-10,13-14,16,18,20,22H,2-3,7-8,11-12,15,17H2,1H3,(H2,28,30). The quantitative estimate of drug-likeness (QED) is 0.376. The lowest BCUT2D eigenvalue weighted by Gasteiger charge is -2.21. The first kappa shape index (κ1) is 22.2. The van der Waals surface area contributed by atoms with Crippen LogP contribution in [0.15, 0.2) is 53.5 Å². The molecule has 1 fully saturated rings. The zero-order valence-corrected chi connectivity index (χ0v) is 20.1. The van der Waals surface area contributed by atoms with Crippen LogP contribution in [0.4, 0.5) is 5.95 Å². The van der Waals surface area contributed by atoms with Crippen molar-refractivity contribution >= 4 is 39.7 Å². The van der Waals surface area contributed by atoms with E-state index in [0.29, 0.717) is 17.1 Å². The number of anilines is 1. The average Bonchev–Trinajstić information content (AvgIpc) is 3.29. The highest BCUT2D eigenvalue weighted by atomic mass is 32.2. The summed E-state index contributed by atoms with van der Waals surface area (Å²) in [5, 5.41) is 1.25. The third kappa shape index (κ3) is 4.72. The summed E-state index contributed by atoms with van der Waals surface area (Å²) in [4.78, 5) is 22.7. The van der Waals surface area contributed by atoms with Gasteiger partial charge in [0.2, 0.25) is 5.95 Å². The highest BCUT2D eigenvalue weighted by molar-refractivity contribution is 8.14. The van der Waals surface area contributed by atoms with E-state index in [1.165, 1.54) is 31.2 Å². The van der Waals surface area contributed by atoms with Crippen LogP contribution in [0, 0.1) is 11.8 Å². The summed E-state index contributed by atoms with van der Waals surface area (Å²) in [5.74, 6) is 1.19. The maximum Gasteiger partial charge on any atom is 0.207 e. The van der Waals surface area contributed by atoms with E-state index in [9.17, 15) is 4.79 Å². The largest absolute Gasteiger partial charge is 0.369 e. The van der Waals surface area contributed by atoms with Gasteiger partial charge in [-0.15, -0.1) is 0 Å². The van der Waals surface area contributed by atoms with Crippen LogP contribution in [0.5, 0.6) is 0 Å². The van der Waals surface area contributed by atoms with E-state index in [2.05, 4.69) is 36.2 Å². The van der Waals surface area contributed by atoms with Crippen LogP contribution < -0.4 is 5.73 Å². The van der Waals surface area contributed by atoms with Crippen molar-refractivity contribution in [2.24, 2.45) is 16.8 Å². The molecule has 1 aliphatic heterocycles. The Morgan fingerprint density at radius 2 is 1.88 bits per heavy atom. The van der Waals surface area contributed by atoms with Crippen LogP contribution in [0.3, 0.4) is 0 Å². The molecule has 33 heavy (non-hydrogen) atoms. The molecule has 0 spiro atoms. The van der Waals surface area contributed by atoms with E-state index in [-0.39, 0.29) is 11.7 Å². The first-order chi connectivity index (χ1) is 16.1. The number of ketones is 1. The number of fused-ring (bicyclic) bond motifs is 1. The summed E-state index contributed by atoms with van der Waals surface area (Å²) in [6, 6.07) is 16.3. The molecular weight excluding hydrogens is 428 g/mol. The summed E-state index contributed by atoms with van der Waals surface area (Å²) >= 11 is 1.75. The second-order valence-electron chi connectivity index (χ2n) is 9.47. The Hall–Kier alpha value is -2.60. The number of imidazole rings is 1. The van der Waals surface area contributed by atoms with Gasteiger partial charge < -0.3 is 5.73 Å². The van der Waals surface area contributed by atoms with Gasteiger partial charge in [0, 0.05) is 16.7 Å². The normalized spacial score (nSPS) is 20.5. The number of nitrogen functional groups attached to an aromatic ring is 1. The van der Waals surface area contributed by atoms with Crippen molar-refractivity contribution in [1.82, 2.24) is 9.55 Å². The number of thioether (sulfide) groups is 1. The zero-order chi connectivity index (χ0) is 22.8. The second kappa shape index (κ2) is 9.72. The molecule has 6 heteroatoms. The minimum atomic E-state index is 0.0442. The first-order valence-corrected chi connectivity index (χ1v) is 13.1. The lowest BCUT2D eigenvalue weighted by molar-refractivity contribution is 0.0878. The Labute approximate surface area is 199 Å². The Morgan fingerprint density at radius 1 is 1.12 bits per heavy atom. The van der Waals surface area contributed by atoms with Crippen molar-refractivity contribution in [3.05, 3.63) is 59.7 Å². The van der Waals surface area contributed by atoms with Gasteiger partial charge in [-0.2, -0.15) is 0 Å². The van der Waals surface area contributed by atoms with Crippen molar-refractivity contribution in [2.75, 3.05) is 12.3 Å². The van der Waals surface area contributed by atoms with Crippen molar-refractivity contribution < 1.29 is 4.79 Å². The fourth-order valence-corrected chi connectivity index (χ4v) is 6.42. The molecule has 172 valence electrons. The molecule has 0 saturated heterocycles. The summed E-state index contributed by atoms with van der Waals surface area (Å²) < 4.78 is 1.93. The SMILES string of the molecule is CC(C(=O)c1ccc2nc(N)n(C3=NCC(Cc4ccccc4)S3)c2c1)C1CCCCCC1. The van der Waals surface area contributed by atoms with Crippen LogP contribution >= 0.6 is 11.8 Å². The van der Waals surface area contributed by atoms with E-state index >= 15 is 0 Å². The van der Waals surface area contributed by atoms with Gasteiger partial charge in [0.25, 0.3) is 0 Å². The van der Waals surface area contributed by atoms with Gasteiger partial charge in [-0.3, -0.25) is 14.4 Å². The monoisotopic (exact) mass is 460 g/mol. The van der Waals surface area contributed by atoms with Crippen LogP contribution in [0.25, 0.3) is 11.0 Å². The fraction of sp³-hybridized carbons (Fsp3) is 0.444. The average molecular weight is 461 g/mol. The van der Waals surface area contributed by atoms with Gasteiger partial charge in [0.15, 0.2) is 11.0 Å². The number of carbonyl (C=O) groups excluding carboxylic acids is 1. The summed E-state index contributed by atoms with van der Waals surface area (Å²) in [6.07, 6.45) is 8.37. The molecule has 2 heterocycles. The van der Waals surface area contributed by atoms with Gasteiger partial charge in [-0.1, -0.05) is 74.7 Å². The van der Waals surface area contributed by atoms with Crippen LogP contribution in [0.1, 0.15) is 61.4 Å². The van der Waals surface area contributed by atoms with Crippen molar-refractivity contribution in [3.8, 4) is 0 Å². The molecule has 0 bridgehead atoms. The third-order valence-electron chi connectivity index (χ3n) is 7.19. The molecule has 2 unspecified atom stereocenters. The topological polar surface area (TPSA) is 73.3 Å². The Balaban J connectivity index is 1.37. The van der Waals surface area contributed by atoms with E-state index < -0.39 is 0 Å². The molecule has 1 aliphatic carbocycles. The van der Waals surface area contributed by atoms with Crippen molar-refractivity contribution in [3.63, 3.8) is 0 Å². The van der Waals surface area contributed by atoms with Gasteiger partial charge in [-0.05, 0) is 48.9 Å². The minimum absolute atomic E-state index is 0.0442. The number of aliphatic imine (C=N–C) groups is 1.